The van der Waals surface area contributed by atoms with E-state index in [1.54, 1.807) is 7.11 Å². The van der Waals surface area contributed by atoms with Gasteiger partial charge in [0.2, 0.25) is 0 Å². The van der Waals surface area contributed by atoms with E-state index in [0.29, 0.717) is 0 Å². The number of hydrogen-bond donors (Lipinski definition) is 0. The van der Waals surface area contributed by atoms with Crippen LogP contribution in [-0.4, -0.2) is 13.7 Å². The van der Waals surface area contributed by atoms with Crippen LogP contribution in [0.3, 0.4) is 0 Å². The predicted octanol–water partition coefficient (Wildman–Crippen LogP) is 3.09. The summed E-state index contributed by atoms with van der Waals surface area (Å²) >= 11 is 0. The summed E-state index contributed by atoms with van der Waals surface area (Å²) in [5.74, 6) is 0.895. The van der Waals surface area contributed by atoms with E-state index in [2.05, 4.69) is 37.3 Å². The zero-order valence-corrected chi connectivity index (χ0v) is 9.49. The van der Waals surface area contributed by atoms with Gasteiger partial charge in [0.25, 0.3) is 0 Å². The van der Waals surface area contributed by atoms with Crippen molar-refractivity contribution in [2.24, 2.45) is 0 Å². The molecule has 82 valence electrons. The van der Waals surface area contributed by atoms with E-state index in [1.165, 1.54) is 16.3 Å². The Morgan fingerprint density at radius 3 is 2.75 bits per heavy atom. The van der Waals surface area contributed by atoms with E-state index in [4.69, 9.17) is 9.47 Å². The molecule has 1 aliphatic rings. The molecular weight excluding hydrogens is 200 g/mol. The van der Waals surface area contributed by atoms with Crippen LogP contribution < -0.4 is 4.74 Å². The zero-order valence-electron chi connectivity index (χ0n) is 9.49. The van der Waals surface area contributed by atoms with E-state index in [0.717, 1.165) is 12.4 Å². The third kappa shape index (κ3) is 1.38. The molecule has 2 heteroatoms. The zero-order chi connectivity index (χ0) is 11.2. The lowest BCUT2D eigenvalue weighted by Gasteiger charge is -2.10. The number of ether oxygens (including phenoxy) is 2. The number of hydrogen-bond acceptors (Lipinski definition) is 2. The fourth-order valence-corrected chi connectivity index (χ4v) is 2.11. The van der Waals surface area contributed by atoms with Gasteiger partial charge in [0.05, 0.1) is 13.7 Å². The van der Waals surface area contributed by atoms with Crippen LogP contribution in [0.2, 0.25) is 0 Å². The first-order chi connectivity index (χ1) is 7.73. The van der Waals surface area contributed by atoms with Gasteiger partial charge in [-0.2, -0.15) is 0 Å². The normalized spacial score (nSPS) is 23.4. The molecule has 1 fully saturated rings. The SMILES string of the molecule is COc1ccc2c(C3(C)CO3)cccc2c1. The molecule has 1 heterocycles. The molecule has 1 atom stereocenters. The second kappa shape index (κ2) is 3.22. The van der Waals surface area contributed by atoms with Gasteiger partial charge in [-0.3, -0.25) is 0 Å². The van der Waals surface area contributed by atoms with Crippen LogP contribution in [-0.2, 0) is 10.3 Å². The van der Waals surface area contributed by atoms with Crippen molar-refractivity contribution in [2.75, 3.05) is 13.7 Å². The first kappa shape index (κ1) is 9.67. The smallest absolute Gasteiger partial charge is 0.119 e. The molecule has 1 unspecified atom stereocenters. The molecule has 0 amide bonds. The monoisotopic (exact) mass is 214 g/mol. The average Bonchev–Trinajstić information content (AvgIpc) is 3.07. The lowest BCUT2D eigenvalue weighted by atomic mass is 9.95. The van der Waals surface area contributed by atoms with Gasteiger partial charge in [0, 0.05) is 0 Å². The van der Waals surface area contributed by atoms with Crippen LogP contribution in [0.25, 0.3) is 10.8 Å². The summed E-state index contributed by atoms with van der Waals surface area (Å²) in [6.07, 6.45) is 0. The van der Waals surface area contributed by atoms with Crippen molar-refractivity contribution in [3.05, 3.63) is 42.0 Å². The highest BCUT2D eigenvalue weighted by atomic mass is 16.6. The largest absolute Gasteiger partial charge is 0.497 e. The lowest BCUT2D eigenvalue weighted by molar-refractivity contribution is 0.331. The van der Waals surface area contributed by atoms with Gasteiger partial charge in [0.1, 0.15) is 11.4 Å². The summed E-state index contributed by atoms with van der Waals surface area (Å²) in [5, 5.41) is 2.46. The van der Waals surface area contributed by atoms with E-state index in [-0.39, 0.29) is 5.60 Å². The van der Waals surface area contributed by atoms with Crippen molar-refractivity contribution in [3.63, 3.8) is 0 Å². The van der Waals surface area contributed by atoms with Gasteiger partial charge in [0.15, 0.2) is 0 Å². The van der Waals surface area contributed by atoms with Crippen LogP contribution in [0, 0.1) is 0 Å². The highest BCUT2D eigenvalue weighted by Gasteiger charge is 2.42. The van der Waals surface area contributed by atoms with Crippen molar-refractivity contribution in [2.45, 2.75) is 12.5 Å². The molecule has 0 spiro atoms. The number of benzene rings is 2. The fourth-order valence-electron chi connectivity index (χ4n) is 2.11. The molecule has 0 aliphatic carbocycles. The minimum atomic E-state index is -0.0753. The van der Waals surface area contributed by atoms with Gasteiger partial charge in [-0.05, 0) is 35.4 Å². The molecule has 1 aliphatic heterocycles. The van der Waals surface area contributed by atoms with Crippen molar-refractivity contribution >= 4 is 10.8 Å². The summed E-state index contributed by atoms with van der Waals surface area (Å²) in [6.45, 7) is 2.95. The Kier molecular flexibility index (Phi) is 1.95. The Morgan fingerprint density at radius 1 is 1.25 bits per heavy atom. The molecule has 0 bridgehead atoms. The third-order valence-electron chi connectivity index (χ3n) is 3.23. The number of rotatable bonds is 2. The topological polar surface area (TPSA) is 21.8 Å². The molecule has 3 rings (SSSR count). The van der Waals surface area contributed by atoms with Crippen molar-refractivity contribution in [1.82, 2.24) is 0 Å². The van der Waals surface area contributed by atoms with Crippen LogP contribution in [0.1, 0.15) is 12.5 Å². The molecule has 0 aromatic heterocycles. The van der Waals surface area contributed by atoms with Crippen LogP contribution in [0.4, 0.5) is 0 Å². The minimum absolute atomic E-state index is 0.0753. The molecule has 0 saturated carbocycles. The van der Waals surface area contributed by atoms with E-state index >= 15 is 0 Å². The van der Waals surface area contributed by atoms with E-state index < -0.39 is 0 Å². The Bertz CT molecular complexity index is 541. The number of methoxy groups -OCH3 is 1. The molecule has 0 radical (unpaired) electrons. The maximum absolute atomic E-state index is 5.52. The van der Waals surface area contributed by atoms with Gasteiger partial charge in [-0.15, -0.1) is 0 Å². The average molecular weight is 214 g/mol. The Morgan fingerprint density at radius 2 is 2.06 bits per heavy atom. The van der Waals surface area contributed by atoms with Crippen LogP contribution in [0.15, 0.2) is 36.4 Å². The molecular formula is C14H14O2. The highest BCUT2D eigenvalue weighted by Crippen LogP contribution is 2.41. The standard InChI is InChI=1S/C14H14O2/c1-14(9-16-14)13-5-3-4-10-8-11(15-2)6-7-12(10)13/h3-8H,9H2,1-2H3. The Hall–Kier alpha value is -1.54. The second-order valence-corrected chi connectivity index (χ2v) is 4.41. The molecule has 0 N–H and O–H groups in total. The van der Waals surface area contributed by atoms with Gasteiger partial charge < -0.3 is 9.47 Å². The predicted molar refractivity (Wildman–Crippen MR) is 63.8 cm³/mol. The van der Waals surface area contributed by atoms with E-state index in [9.17, 15) is 0 Å². The summed E-state index contributed by atoms with van der Waals surface area (Å²) in [5.41, 5.74) is 1.20. The summed E-state index contributed by atoms with van der Waals surface area (Å²) in [4.78, 5) is 0. The maximum Gasteiger partial charge on any atom is 0.119 e. The van der Waals surface area contributed by atoms with Crippen molar-refractivity contribution in [3.8, 4) is 5.75 Å². The minimum Gasteiger partial charge on any atom is -0.497 e. The van der Waals surface area contributed by atoms with Crippen LogP contribution >= 0.6 is 0 Å². The Balaban J connectivity index is 2.23. The molecule has 1 saturated heterocycles. The van der Waals surface area contributed by atoms with E-state index in [1.807, 2.05) is 6.07 Å². The third-order valence-corrected chi connectivity index (χ3v) is 3.23. The number of fused-ring (bicyclic) bond motifs is 1. The quantitative estimate of drug-likeness (QED) is 0.716. The second-order valence-electron chi connectivity index (χ2n) is 4.41. The summed E-state index contributed by atoms with van der Waals surface area (Å²) < 4.78 is 10.7. The van der Waals surface area contributed by atoms with Crippen molar-refractivity contribution < 1.29 is 9.47 Å². The lowest BCUT2D eigenvalue weighted by Crippen LogP contribution is -2.02. The fraction of sp³-hybridized carbons (Fsp3) is 0.286. The molecule has 2 aromatic carbocycles. The molecule has 2 aromatic rings. The van der Waals surface area contributed by atoms with Gasteiger partial charge in [-0.25, -0.2) is 0 Å². The summed E-state index contributed by atoms with van der Waals surface area (Å²) in [7, 11) is 1.69. The molecule has 2 nitrogen and oxygen atoms in total. The van der Waals surface area contributed by atoms with Crippen LogP contribution in [0.5, 0.6) is 5.75 Å². The Labute approximate surface area is 94.8 Å². The van der Waals surface area contributed by atoms with Crippen molar-refractivity contribution in [1.29, 1.82) is 0 Å². The molecule has 16 heavy (non-hydrogen) atoms. The first-order valence-corrected chi connectivity index (χ1v) is 5.44. The first-order valence-electron chi connectivity index (χ1n) is 5.44. The van der Waals surface area contributed by atoms with Gasteiger partial charge >= 0.3 is 0 Å². The summed E-state index contributed by atoms with van der Waals surface area (Å²) in [6, 6.07) is 12.5. The van der Waals surface area contributed by atoms with Gasteiger partial charge in [-0.1, -0.05) is 24.3 Å². The maximum atomic E-state index is 5.52. The highest BCUT2D eigenvalue weighted by molar-refractivity contribution is 5.88. The number of epoxide rings is 1.